The highest BCUT2D eigenvalue weighted by Crippen LogP contribution is 2.23. The first kappa shape index (κ1) is 16.0. The largest absolute Gasteiger partial charge is 0.449 e. The summed E-state index contributed by atoms with van der Waals surface area (Å²) in [6.07, 6.45) is -0.597. The summed E-state index contributed by atoms with van der Waals surface area (Å²) in [5.74, 6) is -0.368. The van der Waals surface area contributed by atoms with Crippen molar-refractivity contribution in [1.29, 1.82) is 0 Å². The van der Waals surface area contributed by atoms with E-state index >= 15 is 0 Å². The number of Topliss-reactive ketones (excluding diaryl/α,β-unsaturated/α-hetero) is 1. The molecule has 0 aliphatic heterocycles. The first-order chi connectivity index (χ1) is 10.6. The number of benzene rings is 2. The van der Waals surface area contributed by atoms with Crippen molar-refractivity contribution in [3.05, 3.63) is 71.8 Å². The maximum atomic E-state index is 12.7. The van der Waals surface area contributed by atoms with Crippen LogP contribution in [0.25, 0.3) is 0 Å². The zero-order chi connectivity index (χ0) is 15.9. The van der Waals surface area contributed by atoms with Gasteiger partial charge in [-0.2, -0.15) is 0 Å². The van der Waals surface area contributed by atoms with Crippen molar-refractivity contribution in [3.8, 4) is 0 Å². The monoisotopic (exact) mass is 296 g/mol. The molecular weight excluding hydrogens is 276 g/mol. The Hall–Kier alpha value is -2.42. The van der Waals surface area contributed by atoms with E-state index in [9.17, 15) is 9.59 Å². The number of esters is 1. The van der Waals surface area contributed by atoms with Gasteiger partial charge in [0.15, 0.2) is 6.10 Å². The van der Waals surface area contributed by atoms with Gasteiger partial charge in [0.1, 0.15) is 0 Å². The molecular formula is C19H20O3. The molecule has 0 bridgehead atoms. The summed E-state index contributed by atoms with van der Waals surface area (Å²) in [6.45, 7) is 3.88. The lowest BCUT2D eigenvalue weighted by Crippen LogP contribution is -2.21. The van der Waals surface area contributed by atoms with Crippen LogP contribution in [0.3, 0.4) is 0 Å². The van der Waals surface area contributed by atoms with Crippen molar-refractivity contribution >= 4 is 11.8 Å². The number of ether oxygens (including phenoxy) is 1. The SMILES string of the molecule is CC(C)CC(=O)OC(C(=O)c1ccccc1)c1ccccc1. The van der Waals surface area contributed by atoms with E-state index < -0.39 is 6.10 Å². The first-order valence-electron chi connectivity index (χ1n) is 7.41. The Labute approximate surface area is 130 Å². The Kier molecular flexibility index (Phi) is 5.48. The maximum absolute atomic E-state index is 12.7. The molecule has 0 saturated carbocycles. The van der Waals surface area contributed by atoms with Crippen LogP contribution in [0, 0.1) is 5.92 Å². The molecule has 0 spiro atoms. The van der Waals surface area contributed by atoms with Crippen LogP contribution in [0.4, 0.5) is 0 Å². The summed E-state index contributed by atoms with van der Waals surface area (Å²) in [6, 6.07) is 18.0. The summed E-state index contributed by atoms with van der Waals surface area (Å²) in [5, 5.41) is 0. The van der Waals surface area contributed by atoms with Crippen LogP contribution < -0.4 is 0 Å². The fraction of sp³-hybridized carbons (Fsp3) is 0.263. The van der Waals surface area contributed by atoms with Gasteiger partial charge in [-0.25, -0.2) is 0 Å². The molecule has 2 aromatic rings. The number of carbonyl (C=O) groups is 2. The highest BCUT2D eigenvalue weighted by atomic mass is 16.5. The second kappa shape index (κ2) is 7.55. The molecule has 0 amide bonds. The Bertz CT molecular complexity index is 618. The smallest absolute Gasteiger partial charge is 0.307 e. The van der Waals surface area contributed by atoms with Gasteiger partial charge in [0.05, 0.1) is 0 Å². The van der Waals surface area contributed by atoms with E-state index in [2.05, 4.69) is 0 Å². The predicted molar refractivity (Wildman–Crippen MR) is 85.5 cm³/mol. The molecule has 3 nitrogen and oxygen atoms in total. The fourth-order valence-electron chi connectivity index (χ4n) is 2.17. The van der Waals surface area contributed by atoms with E-state index in [0.717, 1.165) is 0 Å². The zero-order valence-electron chi connectivity index (χ0n) is 12.9. The molecule has 1 unspecified atom stereocenters. The lowest BCUT2D eigenvalue weighted by Gasteiger charge is -2.18. The third-order valence-corrected chi connectivity index (χ3v) is 3.22. The average Bonchev–Trinajstić information content (AvgIpc) is 2.53. The first-order valence-corrected chi connectivity index (χ1v) is 7.41. The Morgan fingerprint density at radius 3 is 2.00 bits per heavy atom. The normalized spacial score (nSPS) is 12.0. The van der Waals surface area contributed by atoms with Crippen molar-refractivity contribution in [3.63, 3.8) is 0 Å². The highest BCUT2D eigenvalue weighted by molar-refractivity contribution is 6.00. The maximum Gasteiger partial charge on any atom is 0.307 e. The van der Waals surface area contributed by atoms with Gasteiger partial charge in [0.25, 0.3) is 0 Å². The van der Waals surface area contributed by atoms with E-state index in [1.54, 1.807) is 36.4 Å². The molecule has 0 saturated heterocycles. The van der Waals surface area contributed by atoms with E-state index in [1.165, 1.54) is 0 Å². The van der Waals surface area contributed by atoms with Crippen LogP contribution in [-0.4, -0.2) is 11.8 Å². The van der Waals surface area contributed by atoms with Crippen molar-refractivity contribution in [1.82, 2.24) is 0 Å². The quantitative estimate of drug-likeness (QED) is 0.592. The molecule has 0 fully saturated rings. The number of rotatable bonds is 6. The third kappa shape index (κ3) is 4.29. The number of carbonyl (C=O) groups excluding carboxylic acids is 2. The van der Waals surface area contributed by atoms with Crippen molar-refractivity contribution < 1.29 is 14.3 Å². The molecule has 3 heteroatoms. The predicted octanol–water partition coefficient (Wildman–Crippen LogP) is 4.20. The standard InChI is InChI=1S/C19H20O3/c1-14(2)13-17(20)22-19(16-11-7-4-8-12-16)18(21)15-9-5-3-6-10-15/h3-12,14,19H,13H2,1-2H3. The molecule has 1 atom stereocenters. The molecule has 0 aliphatic rings. The molecule has 2 aromatic carbocycles. The lowest BCUT2D eigenvalue weighted by molar-refractivity contribution is -0.148. The zero-order valence-corrected chi connectivity index (χ0v) is 12.9. The van der Waals surface area contributed by atoms with Gasteiger partial charge in [-0.15, -0.1) is 0 Å². The molecule has 0 N–H and O–H groups in total. The van der Waals surface area contributed by atoms with Crippen LogP contribution in [0.5, 0.6) is 0 Å². The van der Waals surface area contributed by atoms with Crippen LogP contribution in [-0.2, 0) is 9.53 Å². The highest BCUT2D eigenvalue weighted by Gasteiger charge is 2.26. The van der Waals surface area contributed by atoms with E-state index in [1.807, 2.05) is 38.1 Å². The van der Waals surface area contributed by atoms with Crippen LogP contribution in [0.2, 0.25) is 0 Å². The summed E-state index contributed by atoms with van der Waals surface area (Å²) in [5.41, 5.74) is 1.22. The minimum Gasteiger partial charge on any atom is -0.449 e. The van der Waals surface area contributed by atoms with Gasteiger partial charge in [0, 0.05) is 17.5 Å². The second-order valence-electron chi connectivity index (χ2n) is 5.61. The average molecular weight is 296 g/mol. The molecule has 2 rings (SSSR count). The lowest BCUT2D eigenvalue weighted by atomic mass is 9.99. The minimum absolute atomic E-state index is 0.191. The number of hydrogen-bond donors (Lipinski definition) is 0. The topological polar surface area (TPSA) is 43.4 Å². The number of ketones is 1. The van der Waals surface area contributed by atoms with Gasteiger partial charge in [-0.3, -0.25) is 9.59 Å². The van der Waals surface area contributed by atoms with Gasteiger partial charge in [0.2, 0.25) is 5.78 Å². The Balaban J connectivity index is 2.26. The van der Waals surface area contributed by atoms with Crippen LogP contribution in [0.15, 0.2) is 60.7 Å². The summed E-state index contributed by atoms with van der Waals surface area (Å²) in [7, 11) is 0. The Morgan fingerprint density at radius 1 is 0.909 bits per heavy atom. The third-order valence-electron chi connectivity index (χ3n) is 3.22. The molecule has 0 aromatic heterocycles. The summed E-state index contributed by atoms with van der Waals surface area (Å²) < 4.78 is 5.48. The van der Waals surface area contributed by atoms with Gasteiger partial charge >= 0.3 is 5.97 Å². The second-order valence-corrected chi connectivity index (χ2v) is 5.61. The van der Waals surface area contributed by atoms with E-state index in [-0.39, 0.29) is 17.7 Å². The Morgan fingerprint density at radius 2 is 1.45 bits per heavy atom. The van der Waals surface area contributed by atoms with Gasteiger partial charge in [-0.05, 0) is 5.92 Å². The van der Waals surface area contributed by atoms with Crippen LogP contribution in [0.1, 0.15) is 42.3 Å². The van der Waals surface area contributed by atoms with Crippen molar-refractivity contribution in [2.45, 2.75) is 26.4 Å². The van der Waals surface area contributed by atoms with Crippen molar-refractivity contribution in [2.75, 3.05) is 0 Å². The summed E-state index contributed by atoms with van der Waals surface area (Å²) in [4.78, 5) is 24.7. The summed E-state index contributed by atoms with van der Waals surface area (Å²) >= 11 is 0. The van der Waals surface area contributed by atoms with Crippen molar-refractivity contribution in [2.24, 2.45) is 5.92 Å². The van der Waals surface area contributed by atoms with Gasteiger partial charge in [-0.1, -0.05) is 74.5 Å². The van der Waals surface area contributed by atoms with Gasteiger partial charge < -0.3 is 4.74 Å². The fourth-order valence-corrected chi connectivity index (χ4v) is 2.17. The van der Waals surface area contributed by atoms with Crippen LogP contribution >= 0.6 is 0 Å². The molecule has 114 valence electrons. The molecule has 22 heavy (non-hydrogen) atoms. The van der Waals surface area contributed by atoms with E-state index in [4.69, 9.17) is 4.74 Å². The molecule has 0 radical (unpaired) electrons. The molecule has 0 heterocycles. The number of hydrogen-bond acceptors (Lipinski definition) is 3. The molecule has 0 aliphatic carbocycles. The van der Waals surface area contributed by atoms with E-state index in [0.29, 0.717) is 17.5 Å². The minimum atomic E-state index is -0.894.